The molecule has 0 bridgehead atoms. The minimum Gasteiger partial charge on any atom is -0.472 e. The number of aliphatic hydroxyl groups excluding tert-OH is 1. The quantitative estimate of drug-likeness (QED) is 0.151. The van der Waals surface area contributed by atoms with E-state index < -0.39 is 34.2 Å². The summed E-state index contributed by atoms with van der Waals surface area (Å²) in [5, 5.41) is 16.7. The molecule has 13 nitrogen and oxygen atoms in total. The zero-order chi connectivity index (χ0) is 32.7. The van der Waals surface area contributed by atoms with Crippen molar-refractivity contribution in [3.8, 4) is 0 Å². The van der Waals surface area contributed by atoms with E-state index >= 15 is 0 Å². The normalized spacial score (nSPS) is 13.2. The predicted octanol–water partition coefficient (Wildman–Crippen LogP) is 4.67. The highest BCUT2D eigenvalue weighted by molar-refractivity contribution is 7.89. The van der Waals surface area contributed by atoms with E-state index in [1.165, 1.54) is 52.4 Å². The molecule has 0 fully saturated rings. The zero-order valence-electron chi connectivity index (χ0n) is 25.0. The van der Waals surface area contributed by atoms with E-state index in [0.717, 1.165) is 10.4 Å². The van der Waals surface area contributed by atoms with Crippen molar-refractivity contribution >= 4 is 50.5 Å². The molecule has 0 saturated carbocycles. The van der Waals surface area contributed by atoms with E-state index in [1.54, 1.807) is 11.7 Å². The number of ether oxygens (including phenoxy) is 1. The van der Waals surface area contributed by atoms with Crippen LogP contribution in [0.2, 0.25) is 0 Å². The number of benzene rings is 2. The Labute approximate surface area is 269 Å². The summed E-state index contributed by atoms with van der Waals surface area (Å²) in [6.45, 7) is 3.51. The molecule has 2 amide bonds. The van der Waals surface area contributed by atoms with Crippen LogP contribution < -0.4 is 10.6 Å². The SMILES string of the molecule is CC(C)CN(CC(O)C(Cc1ccccc1)NC(=O)OCc1cncs1)S(=O)(=O)c1ccc2nc(NC(=O)c3ccoc3)oc2c1. The van der Waals surface area contributed by atoms with E-state index in [1.807, 2.05) is 44.2 Å². The molecule has 0 radical (unpaired) electrons. The molecule has 242 valence electrons. The minimum atomic E-state index is -4.17. The third-order valence-electron chi connectivity index (χ3n) is 6.86. The third kappa shape index (κ3) is 8.37. The molecule has 2 unspecified atom stereocenters. The van der Waals surface area contributed by atoms with Gasteiger partial charge in [0.2, 0.25) is 10.0 Å². The van der Waals surface area contributed by atoms with Crippen molar-refractivity contribution in [3.63, 3.8) is 0 Å². The molecule has 15 heteroatoms. The molecule has 0 aliphatic carbocycles. The topological polar surface area (TPSA) is 177 Å². The van der Waals surface area contributed by atoms with Crippen molar-refractivity contribution in [2.45, 2.75) is 43.9 Å². The summed E-state index contributed by atoms with van der Waals surface area (Å²) in [5.74, 6) is -0.595. The molecular formula is C31H33N5O8S2. The summed E-state index contributed by atoms with van der Waals surface area (Å²) in [6.07, 6.45) is 2.39. The Kier molecular flexibility index (Phi) is 10.5. The number of amides is 2. The van der Waals surface area contributed by atoms with Crippen LogP contribution in [0.3, 0.4) is 0 Å². The summed E-state index contributed by atoms with van der Waals surface area (Å²) < 4.78 is 45.0. The first-order chi connectivity index (χ1) is 22.1. The molecule has 46 heavy (non-hydrogen) atoms. The van der Waals surface area contributed by atoms with Gasteiger partial charge in [-0.15, -0.1) is 11.3 Å². The van der Waals surface area contributed by atoms with Gasteiger partial charge in [0.05, 0.1) is 39.3 Å². The Morgan fingerprint density at radius 1 is 1.11 bits per heavy atom. The van der Waals surface area contributed by atoms with Gasteiger partial charge >= 0.3 is 12.1 Å². The average Bonchev–Trinajstić information content (AvgIpc) is 3.81. The second-order valence-electron chi connectivity index (χ2n) is 10.9. The number of thiazole rings is 1. The number of oxazole rings is 1. The van der Waals surface area contributed by atoms with Gasteiger partial charge in [-0.1, -0.05) is 44.2 Å². The largest absolute Gasteiger partial charge is 0.472 e. The molecule has 0 aliphatic heterocycles. The van der Waals surface area contributed by atoms with Gasteiger partial charge in [-0.3, -0.25) is 15.1 Å². The van der Waals surface area contributed by atoms with Gasteiger partial charge < -0.3 is 24.0 Å². The van der Waals surface area contributed by atoms with Crippen LogP contribution in [0, 0.1) is 5.92 Å². The maximum Gasteiger partial charge on any atom is 0.407 e. The number of aliphatic hydroxyl groups is 1. The van der Waals surface area contributed by atoms with Gasteiger partial charge in [-0.2, -0.15) is 9.29 Å². The third-order valence-corrected chi connectivity index (χ3v) is 9.44. The number of carbonyl (C=O) groups is 2. The molecule has 3 N–H and O–H groups in total. The van der Waals surface area contributed by atoms with Crippen LogP contribution >= 0.6 is 11.3 Å². The molecule has 5 aromatic rings. The van der Waals surface area contributed by atoms with Crippen LogP contribution in [0.1, 0.15) is 34.6 Å². The van der Waals surface area contributed by atoms with Gasteiger partial charge in [0, 0.05) is 25.4 Å². The van der Waals surface area contributed by atoms with Crippen molar-refractivity contribution in [2.24, 2.45) is 5.92 Å². The maximum absolute atomic E-state index is 14.0. The van der Waals surface area contributed by atoms with E-state index in [9.17, 15) is 23.1 Å². The second kappa shape index (κ2) is 14.7. The molecule has 2 atom stereocenters. The smallest absolute Gasteiger partial charge is 0.407 e. The molecule has 0 aliphatic rings. The fraction of sp³-hybridized carbons (Fsp3) is 0.290. The lowest BCUT2D eigenvalue weighted by Gasteiger charge is -2.30. The van der Waals surface area contributed by atoms with Crippen LogP contribution in [0.15, 0.2) is 92.6 Å². The van der Waals surface area contributed by atoms with Crippen molar-refractivity contribution in [2.75, 3.05) is 18.4 Å². The molecule has 0 saturated heterocycles. The zero-order valence-corrected chi connectivity index (χ0v) is 26.7. The first-order valence-electron chi connectivity index (χ1n) is 14.4. The fourth-order valence-corrected chi connectivity index (χ4v) is 6.78. The Morgan fingerprint density at radius 2 is 1.91 bits per heavy atom. The van der Waals surface area contributed by atoms with Crippen molar-refractivity contribution < 1.29 is 36.7 Å². The number of fused-ring (bicyclic) bond motifs is 1. The molecule has 5 rings (SSSR count). The number of rotatable bonds is 14. The molecular weight excluding hydrogens is 635 g/mol. The monoisotopic (exact) mass is 667 g/mol. The van der Waals surface area contributed by atoms with Crippen molar-refractivity contribution in [3.05, 3.63) is 94.8 Å². The molecule has 3 heterocycles. The lowest BCUT2D eigenvalue weighted by atomic mass is 10.0. The number of sulfonamides is 1. The van der Waals surface area contributed by atoms with Crippen molar-refractivity contribution in [1.29, 1.82) is 0 Å². The van der Waals surface area contributed by atoms with Crippen LogP contribution in [0.25, 0.3) is 11.1 Å². The Morgan fingerprint density at radius 3 is 2.61 bits per heavy atom. The number of carbonyl (C=O) groups excluding carboxylic acids is 2. The van der Waals surface area contributed by atoms with Gasteiger partial charge in [0.15, 0.2) is 5.58 Å². The highest BCUT2D eigenvalue weighted by atomic mass is 32.2. The van der Waals surface area contributed by atoms with Crippen LogP contribution in [-0.2, 0) is 27.8 Å². The number of nitrogens with zero attached hydrogens (tertiary/aromatic N) is 3. The number of nitrogens with one attached hydrogen (secondary N) is 2. The number of furan rings is 1. The number of alkyl carbamates (subject to hydrolysis) is 1. The lowest BCUT2D eigenvalue weighted by Crippen LogP contribution is -2.51. The Hall–Kier alpha value is -4.57. The van der Waals surface area contributed by atoms with Gasteiger partial charge in [-0.25, -0.2) is 13.2 Å². The van der Waals surface area contributed by atoms with Crippen molar-refractivity contribution in [1.82, 2.24) is 19.6 Å². The fourth-order valence-electron chi connectivity index (χ4n) is 4.64. The summed E-state index contributed by atoms with van der Waals surface area (Å²) >= 11 is 1.34. The first-order valence-corrected chi connectivity index (χ1v) is 16.7. The number of aromatic nitrogens is 2. The summed E-state index contributed by atoms with van der Waals surface area (Å²) in [4.78, 5) is 34.0. The average molecular weight is 668 g/mol. The Bertz CT molecular complexity index is 1840. The highest BCUT2D eigenvalue weighted by Crippen LogP contribution is 2.26. The molecule has 2 aromatic carbocycles. The highest BCUT2D eigenvalue weighted by Gasteiger charge is 2.32. The summed E-state index contributed by atoms with van der Waals surface area (Å²) in [6, 6.07) is 13.9. The summed E-state index contributed by atoms with van der Waals surface area (Å²) in [5.41, 5.74) is 3.20. The minimum absolute atomic E-state index is 0.0113. The Balaban J connectivity index is 1.35. The van der Waals surface area contributed by atoms with Gasteiger partial charge in [-0.05, 0) is 36.1 Å². The maximum atomic E-state index is 14.0. The van der Waals surface area contributed by atoms with E-state index in [4.69, 9.17) is 13.6 Å². The molecule has 0 spiro atoms. The predicted molar refractivity (Wildman–Crippen MR) is 170 cm³/mol. The number of hydrogen-bond acceptors (Lipinski definition) is 11. The lowest BCUT2D eigenvalue weighted by molar-refractivity contribution is 0.0876. The number of anilines is 1. The van der Waals surface area contributed by atoms with Crippen LogP contribution in [0.5, 0.6) is 0 Å². The van der Waals surface area contributed by atoms with Gasteiger partial charge in [0.25, 0.3) is 5.91 Å². The van der Waals surface area contributed by atoms with Crippen LogP contribution in [0.4, 0.5) is 10.8 Å². The molecule has 3 aromatic heterocycles. The van der Waals surface area contributed by atoms with E-state index in [-0.39, 0.29) is 54.1 Å². The first kappa shape index (κ1) is 32.8. The van der Waals surface area contributed by atoms with Gasteiger partial charge in [0.1, 0.15) is 18.4 Å². The standard InChI is InChI=1S/C31H33N5O8S2/c1-20(2)15-36(16-27(37)26(12-21-6-4-3-5-7-21)34-31(39)43-18-23-14-32-19-45-23)46(40,41)24-8-9-25-28(13-24)44-30(33-25)35-29(38)22-10-11-42-17-22/h3-11,13-14,17,19-20,26-27,37H,12,15-16,18H2,1-2H3,(H,34,39)(H,33,35,38). The summed E-state index contributed by atoms with van der Waals surface area (Å²) in [7, 11) is -4.17. The second-order valence-corrected chi connectivity index (χ2v) is 13.8. The van der Waals surface area contributed by atoms with Crippen LogP contribution in [-0.4, -0.2) is 65.0 Å². The number of hydrogen-bond donors (Lipinski definition) is 3. The van der Waals surface area contributed by atoms with E-state index in [0.29, 0.717) is 5.52 Å². The van der Waals surface area contributed by atoms with E-state index in [2.05, 4.69) is 20.6 Å².